The van der Waals surface area contributed by atoms with Gasteiger partial charge in [-0.2, -0.15) is 4.98 Å². The Labute approximate surface area is 108 Å². The lowest BCUT2D eigenvalue weighted by molar-refractivity contribution is 0.145. The van der Waals surface area contributed by atoms with Gasteiger partial charge in [0.2, 0.25) is 5.95 Å². The van der Waals surface area contributed by atoms with Crippen molar-refractivity contribution in [1.82, 2.24) is 20.5 Å². The summed E-state index contributed by atoms with van der Waals surface area (Å²) in [5.74, 6) is 1.78. The zero-order valence-corrected chi connectivity index (χ0v) is 11.3. The van der Waals surface area contributed by atoms with Gasteiger partial charge >= 0.3 is 0 Å². The van der Waals surface area contributed by atoms with Crippen molar-refractivity contribution in [1.29, 1.82) is 0 Å². The molecule has 1 fully saturated rings. The standard InChI is InChI=1S/C12H23N5O/c1-3-18-8-4-5-11-14-12(16-15-11)17-7-6-13-10(2)9-17/h10,13H,3-9H2,1-2H3,(H,14,15,16)/t10-/m0/s1. The molecule has 18 heavy (non-hydrogen) atoms. The smallest absolute Gasteiger partial charge is 0.244 e. The first-order valence-corrected chi connectivity index (χ1v) is 6.77. The molecule has 1 aliphatic heterocycles. The number of hydrogen-bond acceptors (Lipinski definition) is 5. The fraction of sp³-hybridized carbons (Fsp3) is 0.833. The van der Waals surface area contributed by atoms with Crippen LogP contribution < -0.4 is 10.2 Å². The molecule has 6 nitrogen and oxygen atoms in total. The first kappa shape index (κ1) is 13.3. The Hall–Kier alpha value is -1.14. The summed E-state index contributed by atoms with van der Waals surface area (Å²) in [5.41, 5.74) is 0. The molecular formula is C12H23N5O. The van der Waals surface area contributed by atoms with Crippen LogP contribution in [0, 0.1) is 0 Å². The highest BCUT2D eigenvalue weighted by atomic mass is 16.5. The molecule has 2 rings (SSSR count). The highest BCUT2D eigenvalue weighted by Gasteiger charge is 2.18. The predicted octanol–water partition coefficient (Wildman–Crippen LogP) is 0.572. The Balaban J connectivity index is 1.81. The maximum atomic E-state index is 5.31. The first-order chi connectivity index (χ1) is 8.79. The van der Waals surface area contributed by atoms with Gasteiger partial charge in [-0.15, -0.1) is 5.10 Å². The van der Waals surface area contributed by atoms with Crippen LogP contribution in [0.3, 0.4) is 0 Å². The normalized spacial score (nSPS) is 20.3. The molecule has 1 atom stereocenters. The van der Waals surface area contributed by atoms with Crippen LogP contribution in [0.25, 0.3) is 0 Å². The molecule has 0 bridgehead atoms. The van der Waals surface area contributed by atoms with E-state index >= 15 is 0 Å². The number of ether oxygens (including phenoxy) is 1. The third-order valence-corrected chi connectivity index (χ3v) is 3.08. The fourth-order valence-corrected chi connectivity index (χ4v) is 2.14. The zero-order chi connectivity index (χ0) is 12.8. The largest absolute Gasteiger partial charge is 0.382 e. The molecule has 1 aliphatic rings. The molecule has 1 saturated heterocycles. The number of aryl methyl sites for hydroxylation is 1. The monoisotopic (exact) mass is 253 g/mol. The third-order valence-electron chi connectivity index (χ3n) is 3.08. The van der Waals surface area contributed by atoms with Gasteiger partial charge in [0.05, 0.1) is 0 Å². The van der Waals surface area contributed by atoms with Crippen molar-refractivity contribution < 1.29 is 4.74 Å². The highest BCUT2D eigenvalue weighted by Crippen LogP contribution is 2.10. The summed E-state index contributed by atoms with van der Waals surface area (Å²) < 4.78 is 5.31. The van der Waals surface area contributed by atoms with Crippen molar-refractivity contribution >= 4 is 5.95 Å². The lowest BCUT2D eigenvalue weighted by Crippen LogP contribution is -2.49. The van der Waals surface area contributed by atoms with Crippen LogP contribution in [0.1, 0.15) is 26.1 Å². The molecule has 2 heterocycles. The average molecular weight is 253 g/mol. The Kier molecular flexibility index (Phi) is 4.95. The number of hydrogen-bond donors (Lipinski definition) is 2. The summed E-state index contributed by atoms with van der Waals surface area (Å²) in [6.07, 6.45) is 1.88. The average Bonchev–Trinajstić information content (AvgIpc) is 2.83. The van der Waals surface area contributed by atoms with E-state index in [0.717, 1.165) is 57.5 Å². The van der Waals surface area contributed by atoms with Crippen LogP contribution in [-0.2, 0) is 11.2 Å². The van der Waals surface area contributed by atoms with Gasteiger partial charge in [-0.25, -0.2) is 0 Å². The van der Waals surface area contributed by atoms with Gasteiger partial charge in [-0.3, -0.25) is 5.10 Å². The third kappa shape index (κ3) is 3.68. The number of nitrogens with zero attached hydrogens (tertiary/aromatic N) is 3. The van der Waals surface area contributed by atoms with Gasteiger partial charge in [0.25, 0.3) is 0 Å². The number of rotatable bonds is 6. The SMILES string of the molecule is CCOCCCc1nc(N2CCN[C@@H](C)C2)n[nH]1. The van der Waals surface area contributed by atoms with Gasteiger partial charge in [0, 0.05) is 45.3 Å². The van der Waals surface area contributed by atoms with Crippen molar-refractivity contribution in [2.24, 2.45) is 0 Å². The first-order valence-electron chi connectivity index (χ1n) is 6.77. The van der Waals surface area contributed by atoms with E-state index in [9.17, 15) is 0 Å². The van der Waals surface area contributed by atoms with Gasteiger partial charge in [-0.05, 0) is 20.3 Å². The molecule has 2 N–H and O–H groups in total. The summed E-state index contributed by atoms with van der Waals surface area (Å²) in [5, 5.41) is 10.7. The van der Waals surface area contributed by atoms with Crippen molar-refractivity contribution in [2.75, 3.05) is 37.7 Å². The Morgan fingerprint density at radius 3 is 3.17 bits per heavy atom. The van der Waals surface area contributed by atoms with E-state index in [2.05, 4.69) is 32.3 Å². The second kappa shape index (κ2) is 6.70. The van der Waals surface area contributed by atoms with Crippen LogP contribution in [-0.4, -0.2) is 54.1 Å². The van der Waals surface area contributed by atoms with Crippen LogP contribution in [0.2, 0.25) is 0 Å². The summed E-state index contributed by atoms with van der Waals surface area (Å²) in [6, 6.07) is 0.499. The molecule has 1 aromatic heterocycles. The number of piperazine rings is 1. The van der Waals surface area contributed by atoms with Crippen LogP contribution in [0.5, 0.6) is 0 Å². The molecule has 0 spiro atoms. The minimum Gasteiger partial charge on any atom is -0.382 e. The van der Waals surface area contributed by atoms with Crippen molar-refractivity contribution in [3.8, 4) is 0 Å². The lowest BCUT2D eigenvalue weighted by Gasteiger charge is -2.30. The van der Waals surface area contributed by atoms with Crippen molar-refractivity contribution in [3.63, 3.8) is 0 Å². The van der Waals surface area contributed by atoms with Crippen LogP contribution in [0.4, 0.5) is 5.95 Å². The van der Waals surface area contributed by atoms with E-state index in [1.165, 1.54) is 0 Å². The zero-order valence-electron chi connectivity index (χ0n) is 11.3. The lowest BCUT2D eigenvalue weighted by atomic mass is 10.2. The van der Waals surface area contributed by atoms with E-state index in [0.29, 0.717) is 6.04 Å². The number of nitrogens with one attached hydrogen (secondary N) is 2. The topological polar surface area (TPSA) is 66.1 Å². The molecule has 0 saturated carbocycles. The minimum atomic E-state index is 0.499. The minimum absolute atomic E-state index is 0.499. The molecule has 1 aromatic rings. The van der Waals surface area contributed by atoms with Crippen LogP contribution >= 0.6 is 0 Å². The van der Waals surface area contributed by atoms with E-state index in [1.54, 1.807) is 0 Å². The summed E-state index contributed by atoms with van der Waals surface area (Å²) >= 11 is 0. The highest BCUT2D eigenvalue weighted by molar-refractivity contribution is 5.30. The van der Waals surface area contributed by atoms with Crippen molar-refractivity contribution in [3.05, 3.63) is 5.82 Å². The summed E-state index contributed by atoms with van der Waals surface area (Å²) in [6.45, 7) is 8.70. The molecular weight excluding hydrogens is 230 g/mol. The maximum absolute atomic E-state index is 5.31. The molecule has 0 aromatic carbocycles. The number of anilines is 1. The number of aromatic nitrogens is 3. The summed E-state index contributed by atoms with van der Waals surface area (Å²) in [4.78, 5) is 6.77. The molecule has 0 amide bonds. The van der Waals surface area contributed by atoms with Gasteiger partial charge in [0.15, 0.2) is 0 Å². The Morgan fingerprint density at radius 1 is 1.50 bits per heavy atom. The Morgan fingerprint density at radius 2 is 2.39 bits per heavy atom. The van der Waals surface area contributed by atoms with Crippen LogP contribution in [0.15, 0.2) is 0 Å². The molecule has 0 aliphatic carbocycles. The number of aromatic amines is 1. The predicted molar refractivity (Wildman–Crippen MR) is 70.9 cm³/mol. The van der Waals surface area contributed by atoms with Gasteiger partial charge in [-0.1, -0.05) is 0 Å². The van der Waals surface area contributed by atoms with E-state index in [-0.39, 0.29) is 0 Å². The number of H-pyrrole nitrogens is 1. The quantitative estimate of drug-likeness (QED) is 0.726. The fourth-order valence-electron chi connectivity index (χ4n) is 2.14. The molecule has 0 radical (unpaired) electrons. The molecule has 0 unspecified atom stereocenters. The second-order valence-electron chi connectivity index (χ2n) is 4.68. The van der Waals surface area contributed by atoms with E-state index in [4.69, 9.17) is 4.74 Å². The summed E-state index contributed by atoms with van der Waals surface area (Å²) in [7, 11) is 0. The maximum Gasteiger partial charge on any atom is 0.244 e. The van der Waals surface area contributed by atoms with Crippen molar-refractivity contribution in [2.45, 2.75) is 32.7 Å². The molecule has 102 valence electrons. The Bertz CT molecular complexity index is 354. The van der Waals surface area contributed by atoms with Gasteiger partial charge < -0.3 is 15.0 Å². The second-order valence-corrected chi connectivity index (χ2v) is 4.68. The van der Waals surface area contributed by atoms with E-state index < -0.39 is 0 Å². The van der Waals surface area contributed by atoms with Gasteiger partial charge in [0.1, 0.15) is 5.82 Å². The van der Waals surface area contributed by atoms with E-state index in [1.807, 2.05) is 6.92 Å². The molecule has 6 heteroatoms.